The number of cyclic esters (lactones) is 1. The van der Waals surface area contributed by atoms with Crippen molar-refractivity contribution >= 4 is 21.7 Å². The van der Waals surface area contributed by atoms with E-state index in [2.05, 4.69) is 0 Å². The maximum Gasteiger partial charge on any atom is 0.349 e. The number of benzene rings is 2. The summed E-state index contributed by atoms with van der Waals surface area (Å²) in [5.74, 6) is -0.928. The summed E-state index contributed by atoms with van der Waals surface area (Å²) in [4.78, 5) is 12.5. The molecule has 9 nitrogen and oxygen atoms in total. The fourth-order valence-corrected chi connectivity index (χ4v) is 4.72. The summed E-state index contributed by atoms with van der Waals surface area (Å²) in [6.07, 6.45) is 0. The van der Waals surface area contributed by atoms with Crippen molar-refractivity contribution in [3.8, 4) is 17.2 Å². The third kappa shape index (κ3) is 3.81. The second-order valence-electron chi connectivity index (χ2n) is 7.34. The third-order valence-electron chi connectivity index (χ3n) is 4.70. The number of anilines is 1. The van der Waals surface area contributed by atoms with Crippen LogP contribution in [0.4, 0.5) is 5.69 Å². The standard InChI is InChI=1S/C20H22N2O7S/c1-20(2)28-17-5-3-4-16(18(17)19(23)29-20)27-15-7-6-13(12-14(15)21)30(24,25)22-8-10-26-11-9-22/h3-7,12H,8-11,21H2,1-2H3. The fraction of sp³-hybridized carbons (Fsp3) is 0.350. The summed E-state index contributed by atoms with van der Waals surface area (Å²) in [7, 11) is -3.69. The molecule has 2 aromatic carbocycles. The van der Waals surface area contributed by atoms with Gasteiger partial charge >= 0.3 is 5.97 Å². The van der Waals surface area contributed by atoms with Crippen molar-refractivity contribution in [2.24, 2.45) is 0 Å². The van der Waals surface area contributed by atoms with E-state index in [0.29, 0.717) is 19.0 Å². The Kier molecular flexibility index (Phi) is 5.08. The number of carbonyl (C=O) groups is 1. The molecule has 2 aromatic rings. The number of nitrogens with two attached hydrogens (primary N) is 1. The zero-order valence-electron chi connectivity index (χ0n) is 16.6. The van der Waals surface area contributed by atoms with Crippen molar-refractivity contribution in [1.82, 2.24) is 4.31 Å². The molecule has 0 aliphatic carbocycles. The molecule has 0 saturated carbocycles. The molecule has 0 unspecified atom stereocenters. The molecule has 0 spiro atoms. The number of hydrogen-bond donors (Lipinski definition) is 1. The molecule has 2 aliphatic rings. The minimum absolute atomic E-state index is 0.0637. The van der Waals surface area contributed by atoms with Gasteiger partial charge < -0.3 is 24.7 Å². The summed E-state index contributed by atoms with van der Waals surface area (Å²) in [6, 6.07) is 9.12. The molecule has 2 aliphatic heterocycles. The van der Waals surface area contributed by atoms with Gasteiger partial charge in [-0.3, -0.25) is 0 Å². The largest absolute Gasteiger partial charge is 0.454 e. The molecule has 0 aromatic heterocycles. The Morgan fingerprint density at radius 2 is 1.80 bits per heavy atom. The molecule has 4 rings (SSSR count). The monoisotopic (exact) mass is 434 g/mol. The van der Waals surface area contributed by atoms with Crippen LogP contribution in [0.2, 0.25) is 0 Å². The van der Waals surface area contributed by atoms with Gasteiger partial charge in [-0.15, -0.1) is 0 Å². The van der Waals surface area contributed by atoms with Gasteiger partial charge in [0.2, 0.25) is 15.8 Å². The molecule has 2 heterocycles. The number of nitrogen functional groups attached to an aromatic ring is 1. The van der Waals surface area contributed by atoms with Gasteiger partial charge in [-0.05, 0) is 30.3 Å². The third-order valence-corrected chi connectivity index (χ3v) is 6.59. The van der Waals surface area contributed by atoms with Crippen LogP contribution in [-0.4, -0.2) is 50.8 Å². The van der Waals surface area contributed by atoms with E-state index in [0.717, 1.165) is 0 Å². The minimum Gasteiger partial charge on any atom is -0.454 e. The van der Waals surface area contributed by atoms with Crippen LogP contribution in [0.25, 0.3) is 0 Å². The van der Waals surface area contributed by atoms with Crippen molar-refractivity contribution in [3.63, 3.8) is 0 Å². The number of sulfonamides is 1. The number of fused-ring (bicyclic) bond motifs is 1. The van der Waals surface area contributed by atoms with Crippen LogP contribution in [0, 0.1) is 0 Å². The predicted octanol–water partition coefficient (Wildman–Crippen LogP) is 2.37. The Morgan fingerprint density at radius 3 is 2.50 bits per heavy atom. The highest BCUT2D eigenvalue weighted by Crippen LogP contribution is 2.40. The van der Waals surface area contributed by atoms with E-state index >= 15 is 0 Å². The summed E-state index contributed by atoms with van der Waals surface area (Å²) in [5.41, 5.74) is 6.33. The maximum absolute atomic E-state index is 12.8. The lowest BCUT2D eigenvalue weighted by atomic mass is 10.1. The first-order valence-corrected chi connectivity index (χ1v) is 10.8. The van der Waals surface area contributed by atoms with E-state index in [1.807, 2.05) is 0 Å². The second-order valence-corrected chi connectivity index (χ2v) is 9.28. The Labute approximate surface area is 174 Å². The average molecular weight is 434 g/mol. The van der Waals surface area contributed by atoms with Gasteiger partial charge in [0, 0.05) is 26.9 Å². The number of esters is 1. The Bertz CT molecular complexity index is 1090. The quantitative estimate of drug-likeness (QED) is 0.576. The van der Waals surface area contributed by atoms with Crippen molar-refractivity contribution in [1.29, 1.82) is 0 Å². The highest BCUT2D eigenvalue weighted by atomic mass is 32.2. The van der Waals surface area contributed by atoms with E-state index in [4.69, 9.17) is 24.7 Å². The molecule has 0 atom stereocenters. The van der Waals surface area contributed by atoms with Crippen molar-refractivity contribution in [2.75, 3.05) is 32.0 Å². The topological polar surface area (TPSA) is 117 Å². The van der Waals surface area contributed by atoms with Crippen LogP contribution in [0.1, 0.15) is 24.2 Å². The highest BCUT2D eigenvalue weighted by Gasteiger charge is 2.36. The Balaban J connectivity index is 1.62. The number of rotatable bonds is 4. The number of carbonyl (C=O) groups excluding carboxylic acids is 1. The molecule has 2 N–H and O–H groups in total. The molecule has 30 heavy (non-hydrogen) atoms. The lowest BCUT2D eigenvalue weighted by Gasteiger charge is -2.32. The summed E-state index contributed by atoms with van der Waals surface area (Å²) in [5, 5.41) is 0. The predicted molar refractivity (Wildman–Crippen MR) is 107 cm³/mol. The SMILES string of the molecule is CC1(C)OC(=O)c2c(Oc3ccc(S(=O)(=O)N4CCOCC4)cc3N)cccc2O1. The smallest absolute Gasteiger partial charge is 0.349 e. The van der Waals surface area contributed by atoms with Gasteiger partial charge in [0.25, 0.3) is 0 Å². The van der Waals surface area contributed by atoms with Crippen molar-refractivity contribution in [2.45, 2.75) is 24.5 Å². The van der Waals surface area contributed by atoms with Gasteiger partial charge in [0.05, 0.1) is 23.8 Å². The molecule has 1 saturated heterocycles. The first-order chi connectivity index (χ1) is 14.2. The minimum atomic E-state index is -3.69. The summed E-state index contributed by atoms with van der Waals surface area (Å²) in [6.45, 7) is 4.54. The lowest BCUT2D eigenvalue weighted by Crippen LogP contribution is -2.40. The van der Waals surface area contributed by atoms with E-state index in [1.54, 1.807) is 32.0 Å². The zero-order valence-corrected chi connectivity index (χ0v) is 17.4. The first-order valence-electron chi connectivity index (χ1n) is 9.38. The fourth-order valence-electron chi connectivity index (χ4n) is 3.28. The maximum atomic E-state index is 12.8. The van der Waals surface area contributed by atoms with Gasteiger partial charge in [0.15, 0.2) is 0 Å². The molecule has 0 amide bonds. The van der Waals surface area contributed by atoms with Crippen LogP contribution in [0.15, 0.2) is 41.3 Å². The molecule has 0 radical (unpaired) electrons. The number of hydrogen-bond acceptors (Lipinski definition) is 8. The van der Waals surface area contributed by atoms with E-state index in [-0.39, 0.29) is 40.7 Å². The van der Waals surface area contributed by atoms with Crippen LogP contribution in [-0.2, 0) is 19.5 Å². The second kappa shape index (κ2) is 7.46. The Hall–Kier alpha value is -2.82. The molecular formula is C20H22N2O7S. The van der Waals surface area contributed by atoms with Gasteiger partial charge in [-0.1, -0.05) is 6.07 Å². The normalized spacial score (nSPS) is 18.8. The average Bonchev–Trinajstić information content (AvgIpc) is 2.69. The zero-order chi connectivity index (χ0) is 21.5. The van der Waals surface area contributed by atoms with Crippen LogP contribution in [0.3, 0.4) is 0 Å². The van der Waals surface area contributed by atoms with Crippen LogP contribution in [0.5, 0.6) is 17.2 Å². The van der Waals surface area contributed by atoms with Crippen molar-refractivity contribution in [3.05, 3.63) is 42.0 Å². The number of nitrogens with zero attached hydrogens (tertiary/aromatic N) is 1. The van der Waals surface area contributed by atoms with Gasteiger partial charge in [-0.2, -0.15) is 4.31 Å². The lowest BCUT2D eigenvalue weighted by molar-refractivity contribution is -0.127. The Morgan fingerprint density at radius 1 is 1.07 bits per heavy atom. The number of ether oxygens (including phenoxy) is 4. The molecule has 0 bridgehead atoms. The van der Waals surface area contributed by atoms with Gasteiger partial charge in [-0.25, -0.2) is 13.2 Å². The van der Waals surface area contributed by atoms with E-state index in [9.17, 15) is 13.2 Å². The summed E-state index contributed by atoms with van der Waals surface area (Å²) < 4.78 is 48.9. The molecule has 1 fully saturated rings. The molecule has 160 valence electrons. The van der Waals surface area contributed by atoms with E-state index < -0.39 is 21.8 Å². The van der Waals surface area contributed by atoms with Crippen LogP contribution >= 0.6 is 0 Å². The highest BCUT2D eigenvalue weighted by molar-refractivity contribution is 7.89. The van der Waals surface area contributed by atoms with Crippen LogP contribution < -0.4 is 15.2 Å². The number of morpholine rings is 1. The first kappa shape index (κ1) is 20.5. The summed E-state index contributed by atoms with van der Waals surface area (Å²) >= 11 is 0. The molecule has 10 heteroatoms. The van der Waals surface area contributed by atoms with Crippen molar-refractivity contribution < 1.29 is 32.2 Å². The van der Waals surface area contributed by atoms with Gasteiger partial charge in [0.1, 0.15) is 22.8 Å². The molecular weight excluding hydrogens is 412 g/mol. The van der Waals surface area contributed by atoms with E-state index in [1.165, 1.54) is 22.5 Å².